The van der Waals surface area contributed by atoms with Gasteiger partial charge in [0.2, 0.25) is 0 Å². The third-order valence-corrected chi connectivity index (χ3v) is 5.02. The lowest BCUT2D eigenvalue weighted by atomic mass is 10.1. The Labute approximate surface area is 169 Å². The summed E-state index contributed by atoms with van der Waals surface area (Å²) >= 11 is 0. The predicted octanol–water partition coefficient (Wildman–Crippen LogP) is 6.70. The van der Waals surface area contributed by atoms with Gasteiger partial charge in [0.05, 0.1) is 6.61 Å². The number of hydrogen-bond donors (Lipinski definition) is 0. The van der Waals surface area contributed by atoms with E-state index in [2.05, 4.69) is 16.9 Å². The Kier molecular flexibility index (Phi) is 10.7. The summed E-state index contributed by atoms with van der Waals surface area (Å²) in [4.78, 5) is 9.05. The van der Waals surface area contributed by atoms with Gasteiger partial charge in [-0.15, -0.1) is 0 Å². The van der Waals surface area contributed by atoms with Crippen molar-refractivity contribution in [1.29, 1.82) is 0 Å². The Bertz CT molecular complexity index is 643. The first-order valence-corrected chi connectivity index (χ1v) is 10.8. The molecule has 2 rings (SSSR count). The van der Waals surface area contributed by atoms with Crippen LogP contribution in [0.1, 0.15) is 76.3 Å². The third kappa shape index (κ3) is 8.47. The van der Waals surface area contributed by atoms with Crippen LogP contribution in [-0.4, -0.2) is 22.7 Å². The highest BCUT2D eigenvalue weighted by Gasteiger charge is 2.04. The smallest absolute Gasteiger partial charge is 0.159 e. The van der Waals surface area contributed by atoms with Gasteiger partial charge in [-0.1, -0.05) is 70.2 Å². The molecule has 0 saturated heterocycles. The summed E-state index contributed by atoms with van der Waals surface area (Å²) < 4.78 is 18.7. The maximum absolute atomic E-state index is 13.2. The number of aromatic nitrogens is 2. The minimum Gasteiger partial charge on any atom is -0.377 e. The van der Waals surface area contributed by atoms with Crippen molar-refractivity contribution in [3.63, 3.8) is 0 Å². The number of nitrogens with zero attached hydrogens (tertiary/aromatic N) is 2. The minimum absolute atomic E-state index is 0.458. The second-order valence-corrected chi connectivity index (χ2v) is 7.48. The first-order chi connectivity index (χ1) is 13.7. The summed E-state index contributed by atoms with van der Waals surface area (Å²) in [6, 6.07) is 8.09. The Morgan fingerprint density at radius 1 is 0.893 bits per heavy atom. The molecular weight excluding hydrogens is 351 g/mol. The van der Waals surface area contributed by atoms with Crippen molar-refractivity contribution in [1.82, 2.24) is 9.97 Å². The van der Waals surface area contributed by atoms with Crippen LogP contribution in [0.4, 0.5) is 4.39 Å². The lowest BCUT2D eigenvalue weighted by Gasteiger charge is -2.07. The van der Waals surface area contributed by atoms with Crippen LogP contribution in [0.3, 0.4) is 0 Å². The molecule has 0 aliphatic rings. The zero-order valence-electron chi connectivity index (χ0n) is 17.5. The Balaban J connectivity index is 1.74. The molecule has 0 saturated carbocycles. The molecule has 3 nitrogen and oxygen atoms in total. The number of aryl methyl sites for hydroxylation is 1. The number of halogens is 1. The second-order valence-electron chi connectivity index (χ2n) is 7.48. The van der Waals surface area contributed by atoms with Gasteiger partial charge >= 0.3 is 0 Å². The molecule has 1 aromatic heterocycles. The van der Waals surface area contributed by atoms with Crippen molar-refractivity contribution in [3.8, 4) is 11.4 Å². The molecular formula is C24H35FN2O. The number of ether oxygens (including phenoxy) is 1. The van der Waals surface area contributed by atoms with Crippen molar-refractivity contribution in [3.05, 3.63) is 47.8 Å². The molecule has 1 unspecified atom stereocenters. The summed E-state index contributed by atoms with van der Waals surface area (Å²) in [6.07, 6.45) is 13.0. The highest BCUT2D eigenvalue weighted by Crippen LogP contribution is 2.17. The lowest BCUT2D eigenvalue weighted by molar-refractivity contribution is 0.0988. The van der Waals surface area contributed by atoms with Gasteiger partial charge in [0.1, 0.15) is 6.17 Å². The summed E-state index contributed by atoms with van der Waals surface area (Å²) in [5.74, 6) is 0.752. The van der Waals surface area contributed by atoms with E-state index in [4.69, 9.17) is 4.74 Å². The number of benzene rings is 1. The maximum Gasteiger partial charge on any atom is 0.159 e. The SMILES string of the molecule is CCCCCCCCc1cnc(-c2ccc(COCCC(F)CC)cc2)nc1. The van der Waals surface area contributed by atoms with E-state index in [9.17, 15) is 4.39 Å². The van der Waals surface area contributed by atoms with E-state index in [0.29, 0.717) is 26.1 Å². The molecule has 1 atom stereocenters. The van der Waals surface area contributed by atoms with Crippen LogP contribution in [0.2, 0.25) is 0 Å². The highest BCUT2D eigenvalue weighted by atomic mass is 19.1. The van der Waals surface area contributed by atoms with E-state index in [1.54, 1.807) is 0 Å². The summed E-state index contributed by atoms with van der Waals surface area (Å²) in [5, 5.41) is 0. The van der Waals surface area contributed by atoms with Gasteiger partial charge in [-0.25, -0.2) is 14.4 Å². The van der Waals surface area contributed by atoms with Gasteiger partial charge in [-0.2, -0.15) is 0 Å². The predicted molar refractivity (Wildman–Crippen MR) is 114 cm³/mol. The number of unbranched alkanes of at least 4 members (excludes halogenated alkanes) is 5. The van der Waals surface area contributed by atoms with Crippen LogP contribution in [0.5, 0.6) is 0 Å². The number of alkyl halides is 1. The second kappa shape index (κ2) is 13.4. The van der Waals surface area contributed by atoms with Crippen molar-refractivity contribution >= 4 is 0 Å². The first kappa shape index (κ1) is 22.5. The van der Waals surface area contributed by atoms with Crippen LogP contribution < -0.4 is 0 Å². The summed E-state index contributed by atoms with van der Waals surface area (Å²) in [7, 11) is 0. The normalized spacial score (nSPS) is 12.2. The van der Waals surface area contributed by atoms with Crippen LogP contribution in [0.15, 0.2) is 36.7 Å². The van der Waals surface area contributed by atoms with Gasteiger partial charge in [-0.3, -0.25) is 0 Å². The molecule has 0 aliphatic heterocycles. The largest absolute Gasteiger partial charge is 0.377 e. The third-order valence-electron chi connectivity index (χ3n) is 5.02. The van der Waals surface area contributed by atoms with Crippen molar-refractivity contribution in [2.75, 3.05) is 6.61 Å². The number of rotatable bonds is 14. The Morgan fingerprint density at radius 2 is 1.57 bits per heavy atom. The average Bonchev–Trinajstić information content (AvgIpc) is 2.74. The van der Waals surface area contributed by atoms with Crippen molar-refractivity contribution in [2.24, 2.45) is 0 Å². The highest BCUT2D eigenvalue weighted by molar-refractivity contribution is 5.55. The Morgan fingerprint density at radius 3 is 2.25 bits per heavy atom. The topological polar surface area (TPSA) is 35.0 Å². The van der Waals surface area contributed by atoms with E-state index < -0.39 is 6.17 Å². The molecule has 0 aliphatic carbocycles. The molecule has 0 fully saturated rings. The number of hydrogen-bond acceptors (Lipinski definition) is 3. The van der Waals surface area contributed by atoms with E-state index >= 15 is 0 Å². The molecule has 1 heterocycles. The molecule has 154 valence electrons. The standard InChI is InChI=1S/C24H35FN2O/c1-3-5-6-7-8-9-10-21-17-26-24(27-18-21)22-13-11-20(12-14-22)19-28-16-15-23(25)4-2/h11-14,17-18,23H,3-10,15-16,19H2,1-2H3. The summed E-state index contributed by atoms with van der Waals surface area (Å²) in [6.45, 7) is 5.07. The van der Waals surface area contributed by atoms with Crippen LogP contribution in [0.25, 0.3) is 11.4 Å². The maximum atomic E-state index is 13.2. The zero-order chi connectivity index (χ0) is 20.0. The molecule has 1 aromatic carbocycles. The Hall–Kier alpha value is -1.81. The quantitative estimate of drug-likeness (QED) is 0.339. The molecule has 4 heteroatoms. The van der Waals surface area contributed by atoms with E-state index in [1.165, 1.54) is 44.1 Å². The van der Waals surface area contributed by atoms with E-state index in [-0.39, 0.29) is 0 Å². The molecule has 0 radical (unpaired) electrons. The van der Waals surface area contributed by atoms with E-state index in [1.807, 2.05) is 43.6 Å². The monoisotopic (exact) mass is 386 g/mol. The molecule has 0 amide bonds. The van der Waals surface area contributed by atoms with Crippen LogP contribution >= 0.6 is 0 Å². The van der Waals surface area contributed by atoms with Gasteiger partial charge in [0, 0.05) is 31.0 Å². The average molecular weight is 387 g/mol. The molecule has 0 spiro atoms. The van der Waals surface area contributed by atoms with Gasteiger partial charge in [0.25, 0.3) is 0 Å². The summed E-state index contributed by atoms with van der Waals surface area (Å²) in [5.41, 5.74) is 3.29. The van der Waals surface area contributed by atoms with Gasteiger partial charge in [-0.05, 0) is 30.4 Å². The molecule has 2 aromatic rings. The van der Waals surface area contributed by atoms with Gasteiger partial charge in [0.15, 0.2) is 5.82 Å². The fourth-order valence-electron chi connectivity index (χ4n) is 3.10. The molecule has 0 N–H and O–H groups in total. The fraction of sp³-hybridized carbons (Fsp3) is 0.583. The van der Waals surface area contributed by atoms with E-state index in [0.717, 1.165) is 23.4 Å². The van der Waals surface area contributed by atoms with Crippen LogP contribution in [0, 0.1) is 0 Å². The lowest BCUT2D eigenvalue weighted by Crippen LogP contribution is -2.04. The van der Waals surface area contributed by atoms with Crippen LogP contribution in [-0.2, 0) is 17.8 Å². The van der Waals surface area contributed by atoms with Crippen molar-refractivity contribution in [2.45, 2.75) is 84.4 Å². The molecule has 28 heavy (non-hydrogen) atoms. The molecule has 0 bridgehead atoms. The first-order valence-electron chi connectivity index (χ1n) is 10.8. The fourth-order valence-corrected chi connectivity index (χ4v) is 3.10. The van der Waals surface area contributed by atoms with Gasteiger partial charge < -0.3 is 4.74 Å². The zero-order valence-corrected chi connectivity index (χ0v) is 17.5. The minimum atomic E-state index is -0.761. The van der Waals surface area contributed by atoms with Crippen molar-refractivity contribution < 1.29 is 9.13 Å².